The smallest absolute Gasteiger partial charge is 0.139 e. The minimum absolute atomic E-state index is 0.0794. The van der Waals surface area contributed by atoms with Crippen molar-refractivity contribution in [3.8, 4) is 0 Å². The SMILES string of the molecule is C[C@@H]1CN(c2cccc([C@H](C)Nc3ccnc4[nH]cc(C5CCOCC5)c34)n2)C[C@H](C)N1. The minimum atomic E-state index is 0.0794. The van der Waals surface area contributed by atoms with Gasteiger partial charge in [0.05, 0.1) is 11.7 Å². The molecule has 5 rings (SSSR count). The topological polar surface area (TPSA) is 78.1 Å². The molecule has 7 heteroatoms. The van der Waals surface area contributed by atoms with E-state index in [9.17, 15) is 0 Å². The van der Waals surface area contributed by atoms with Crippen molar-refractivity contribution in [2.24, 2.45) is 0 Å². The molecule has 0 aromatic carbocycles. The Morgan fingerprint density at radius 2 is 1.91 bits per heavy atom. The molecule has 3 aromatic rings. The van der Waals surface area contributed by atoms with Crippen molar-refractivity contribution in [2.75, 3.05) is 36.5 Å². The maximum Gasteiger partial charge on any atom is 0.139 e. The first-order chi connectivity index (χ1) is 15.6. The minimum Gasteiger partial charge on any atom is -0.381 e. The first-order valence-corrected chi connectivity index (χ1v) is 11.9. The number of anilines is 2. The van der Waals surface area contributed by atoms with E-state index in [1.54, 1.807) is 0 Å². The number of hydrogen-bond acceptors (Lipinski definition) is 6. The fourth-order valence-electron chi connectivity index (χ4n) is 5.21. The van der Waals surface area contributed by atoms with Crippen LogP contribution >= 0.6 is 0 Å². The number of pyridine rings is 2. The van der Waals surface area contributed by atoms with Gasteiger partial charge in [-0.3, -0.25) is 0 Å². The van der Waals surface area contributed by atoms with Gasteiger partial charge in [-0.15, -0.1) is 0 Å². The summed E-state index contributed by atoms with van der Waals surface area (Å²) in [6, 6.07) is 9.45. The van der Waals surface area contributed by atoms with Gasteiger partial charge in [-0.25, -0.2) is 9.97 Å². The molecular weight excluding hydrogens is 400 g/mol. The zero-order chi connectivity index (χ0) is 22.1. The average Bonchev–Trinajstić information content (AvgIpc) is 3.24. The van der Waals surface area contributed by atoms with E-state index in [0.29, 0.717) is 18.0 Å². The fraction of sp³-hybridized carbons (Fsp3) is 0.520. The highest BCUT2D eigenvalue weighted by atomic mass is 16.5. The number of hydrogen-bond donors (Lipinski definition) is 3. The molecule has 2 aliphatic heterocycles. The maximum atomic E-state index is 5.58. The second kappa shape index (κ2) is 9.08. The second-order valence-electron chi connectivity index (χ2n) is 9.37. The number of nitrogens with one attached hydrogen (secondary N) is 3. The molecule has 2 aliphatic rings. The molecular formula is C25H34N6O. The van der Waals surface area contributed by atoms with Gasteiger partial charge in [-0.1, -0.05) is 6.07 Å². The number of H-pyrrole nitrogens is 1. The van der Waals surface area contributed by atoms with Gasteiger partial charge in [0.1, 0.15) is 11.5 Å². The quantitative estimate of drug-likeness (QED) is 0.558. The Balaban J connectivity index is 1.39. The van der Waals surface area contributed by atoms with Gasteiger partial charge in [0, 0.05) is 61.9 Å². The standard InChI is InChI=1S/C25H34N6O/c1-16-14-31(15-17(2)28-16)23-6-4-5-21(30-23)18(3)29-22-7-10-26-25-24(22)20(13-27-25)19-8-11-32-12-9-19/h4-7,10,13,16-19,28H,8-9,11-12,14-15H2,1-3H3,(H2,26,27,29)/t16-,17+,18-/m0/s1. The summed E-state index contributed by atoms with van der Waals surface area (Å²) in [6.45, 7) is 10.3. The van der Waals surface area contributed by atoms with E-state index in [1.165, 1.54) is 10.9 Å². The lowest BCUT2D eigenvalue weighted by Gasteiger charge is -2.37. The van der Waals surface area contributed by atoms with Crippen LogP contribution in [0.5, 0.6) is 0 Å². The molecule has 5 heterocycles. The summed E-state index contributed by atoms with van der Waals surface area (Å²) in [6.07, 6.45) is 6.12. The fourth-order valence-corrected chi connectivity index (χ4v) is 5.21. The Bertz CT molecular complexity index is 1050. The van der Waals surface area contributed by atoms with Crippen LogP contribution in [0, 0.1) is 0 Å². The van der Waals surface area contributed by atoms with E-state index in [2.05, 4.69) is 76.7 Å². The van der Waals surface area contributed by atoms with Crippen LogP contribution in [-0.2, 0) is 4.74 Å². The van der Waals surface area contributed by atoms with E-state index in [0.717, 1.165) is 62.0 Å². The molecule has 0 radical (unpaired) electrons. The summed E-state index contributed by atoms with van der Waals surface area (Å²) < 4.78 is 5.58. The molecule has 7 nitrogen and oxygen atoms in total. The Morgan fingerprint density at radius 1 is 1.12 bits per heavy atom. The monoisotopic (exact) mass is 434 g/mol. The molecule has 0 saturated carbocycles. The number of piperazine rings is 1. The van der Waals surface area contributed by atoms with Crippen LogP contribution in [0.1, 0.15) is 56.8 Å². The summed E-state index contributed by atoms with van der Waals surface area (Å²) in [4.78, 5) is 15.4. The van der Waals surface area contributed by atoms with Gasteiger partial charge in [-0.2, -0.15) is 0 Å². The Hall–Kier alpha value is -2.64. The van der Waals surface area contributed by atoms with E-state index in [1.807, 2.05) is 6.20 Å². The lowest BCUT2D eigenvalue weighted by molar-refractivity contribution is 0.0856. The molecule has 2 fully saturated rings. The number of ether oxygens (including phenoxy) is 1. The Kier molecular flexibility index (Phi) is 6.02. The van der Waals surface area contributed by atoms with E-state index in [-0.39, 0.29) is 6.04 Å². The van der Waals surface area contributed by atoms with Crippen LogP contribution in [0.25, 0.3) is 11.0 Å². The van der Waals surface area contributed by atoms with Crippen molar-refractivity contribution in [1.29, 1.82) is 0 Å². The largest absolute Gasteiger partial charge is 0.381 e. The molecule has 3 atom stereocenters. The van der Waals surface area contributed by atoms with Crippen molar-refractivity contribution in [2.45, 2.75) is 57.7 Å². The van der Waals surface area contributed by atoms with E-state index < -0.39 is 0 Å². The average molecular weight is 435 g/mol. The highest BCUT2D eigenvalue weighted by Gasteiger charge is 2.24. The molecule has 2 saturated heterocycles. The normalized spacial score (nSPS) is 23.4. The molecule has 0 spiro atoms. The summed E-state index contributed by atoms with van der Waals surface area (Å²) in [5, 5.41) is 8.53. The first kappa shape index (κ1) is 21.2. The third kappa shape index (κ3) is 4.32. The number of aromatic amines is 1. The lowest BCUT2D eigenvalue weighted by Crippen LogP contribution is -2.54. The predicted molar refractivity (Wildman–Crippen MR) is 129 cm³/mol. The van der Waals surface area contributed by atoms with Gasteiger partial charge in [0.25, 0.3) is 0 Å². The third-order valence-electron chi connectivity index (χ3n) is 6.72. The molecule has 0 amide bonds. The maximum absolute atomic E-state index is 5.58. The number of fused-ring (bicyclic) bond motifs is 1. The molecule has 3 N–H and O–H groups in total. The van der Waals surface area contributed by atoms with Crippen LogP contribution in [0.2, 0.25) is 0 Å². The lowest BCUT2D eigenvalue weighted by atomic mass is 9.91. The number of rotatable bonds is 5. The van der Waals surface area contributed by atoms with Crippen LogP contribution < -0.4 is 15.5 Å². The summed E-state index contributed by atoms with van der Waals surface area (Å²) in [5.41, 5.74) is 4.45. The highest BCUT2D eigenvalue weighted by molar-refractivity contribution is 5.93. The molecule has 0 unspecified atom stereocenters. The van der Waals surface area contributed by atoms with Crippen molar-refractivity contribution >= 4 is 22.5 Å². The molecule has 3 aromatic heterocycles. The van der Waals surface area contributed by atoms with Gasteiger partial charge in [-0.05, 0) is 63.3 Å². The molecule has 0 aliphatic carbocycles. The number of nitrogens with zero attached hydrogens (tertiary/aromatic N) is 3. The van der Waals surface area contributed by atoms with Crippen LogP contribution in [-0.4, -0.2) is 53.3 Å². The van der Waals surface area contributed by atoms with Crippen LogP contribution in [0.15, 0.2) is 36.7 Å². The third-order valence-corrected chi connectivity index (χ3v) is 6.72. The highest BCUT2D eigenvalue weighted by Crippen LogP contribution is 2.36. The van der Waals surface area contributed by atoms with Gasteiger partial charge in [0.2, 0.25) is 0 Å². The van der Waals surface area contributed by atoms with Crippen molar-refractivity contribution in [3.63, 3.8) is 0 Å². The summed E-state index contributed by atoms with van der Waals surface area (Å²) in [7, 11) is 0. The summed E-state index contributed by atoms with van der Waals surface area (Å²) in [5.74, 6) is 1.57. The molecule has 32 heavy (non-hydrogen) atoms. The molecule has 0 bridgehead atoms. The van der Waals surface area contributed by atoms with Gasteiger partial charge in [0.15, 0.2) is 0 Å². The van der Waals surface area contributed by atoms with Crippen LogP contribution in [0.3, 0.4) is 0 Å². The zero-order valence-electron chi connectivity index (χ0n) is 19.3. The van der Waals surface area contributed by atoms with Gasteiger partial charge >= 0.3 is 0 Å². The van der Waals surface area contributed by atoms with Crippen molar-refractivity contribution < 1.29 is 4.74 Å². The van der Waals surface area contributed by atoms with Gasteiger partial charge < -0.3 is 25.3 Å². The Morgan fingerprint density at radius 3 is 2.69 bits per heavy atom. The first-order valence-electron chi connectivity index (χ1n) is 11.9. The Labute approximate surface area is 190 Å². The second-order valence-corrected chi connectivity index (χ2v) is 9.37. The van der Waals surface area contributed by atoms with Crippen LogP contribution in [0.4, 0.5) is 11.5 Å². The number of aromatic nitrogens is 3. The van der Waals surface area contributed by atoms with E-state index in [4.69, 9.17) is 9.72 Å². The summed E-state index contributed by atoms with van der Waals surface area (Å²) >= 11 is 0. The molecule has 170 valence electrons. The zero-order valence-corrected chi connectivity index (χ0v) is 19.3. The van der Waals surface area contributed by atoms with Crippen molar-refractivity contribution in [1.82, 2.24) is 20.3 Å². The predicted octanol–water partition coefficient (Wildman–Crippen LogP) is 4.21. The van der Waals surface area contributed by atoms with E-state index >= 15 is 0 Å². The van der Waals surface area contributed by atoms with Crippen molar-refractivity contribution in [3.05, 3.63) is 47.9 Å².